The summed E-state index contributed by atoms with van der Waals surface area (Å²) in [7, 11) is 2.97. The molecule has 0 spiro atoms. The predicted molar refractivity (Wildman–Crippen MR) is 134 cm³/mol. The fraction of sp³-hybridized carbons (Fsp3) is 0.385. The monoisotopic (exact) mass is 496 g/mol. The van der Waals surface area contributed by atoms with E-state index in [0.717, 1.165) is 37.6 Å². The highest BCUT2D eigenvalue weighted by atomic mass is 16.5. The first-order valence-electron chi connectivity index (χ1n) is 11.9. The number of aromatic hydroxyl groups is 1. The fourth-order valence-corrected chi connectivity index (χ4v) is 4.52. The number of anilines is 1. The van der Waals surface area contributed by atoms with Gasteiger partial charge in [-0.3, -0.25) is 4.90 Å². The van der Waals surface area contributed by atoms with Crippen molar-refractivity contribution in [3.05, 3.63) is 59.3 Å². The molecule has 3 N–H and O–H groups in total. The largest absolute Gasteiger partial charge is 0.504 e. The van der Waals surface area contributed by atoms with Crippen LogP contribution in [0.3, 0.4) is 0 Å². The maximum atomic E-state index is 12.9. The third-order valence-corrected chi connectivity index (χ3v) is 6.35. The summed E-state index contributed by atoms with van der Waals surface area (Å²) < 4.78 is 15.9. The van der Waals surface area contributed by atoms with Crippen LogP contribution in [0.1, 0.15) is 18.5 Å². The van der Waals surface area contributed by atoms with Crippen molar-refractivity contribution in [3.8, 4) is 17.2 Å². The molecule has 0 bridgehead atoms. The second-order valence-electron chi connectivity index (χ2n) is 8.54. The number of carbonyl (C=O) groups excluding carboxylic acids is 2. The molecule has 0 aromatic heterocycles. The minimum Gasteiger partial charge on any atom is -0.504 e. The lowest BCUT2D eigenvalue weighted by Gasteiger charge is -2.38. The summed E-state index contributed by atoms with van der Waals surface area (Å²) in [5.74, 6) is 0.539. The van der Waals surface area contributed by atoms with Crippen LogP contribution >= 0.6 is 0 Å². The summed E-state index contributed by atoms with van der Waals surface area (Å²) >= 11 is 0. The Morgan fingerprint density at radius 2 is 1.89 bits per heavy atom. The second-order valence-corrected chi connectivity index (χ2v) is 8.54. The molecule has 1 unspecified atom stereocenters. The van der Waals surface area contributed by atoms with Crippen LogP contribution in [-0.2, 0) is 9.53 Å². The smallest absolute Gasteiger partial charge is 0.338 e. The average molecular weight is 497 g/mol. The molecule has 2 amide bonds. The van der Waals surface area contributed by atoms with Crippen LogP contribution in [0.4, 0.5) is 10.5 Å². The molecule has 1 atom stereocenters. The number of phenols is 1. The summed E-state index contributed by atoms with van der Waals surface area (Å²) in [6.07, 6.45) is 0. The lowest BCUT2D eigenvalue weighted by molar-refractivity contribution is -0.136. The molecule has 0 radical (unpaired) electrons. The van der Waals surface area contributed by atoms with Crippen molar-refractivity contribution in [2.45, 2.75) is 13.0 Å². The number of nitrogens with one attached hydrogen (secondary N) is 2. The summed E-state index contributed by atoms with van der Waals surface area (Å²) in [5, 5.41) is 15.7. The van der Waals surface area contributed by atoms with E-state index in [1.807, 2.05) is 25.1 Å². The van der Waals surface area contributed by atoms with E-state index in [-0.39, 0.29) is 11.5 Å². The Hall–Kier alpha value is -3.92. The Balaban J connectivity index is 1.56. The van der Waals surface area contributed by atoms with E-state index in [1.165, 1.54) is 13.2 Å². The number of nitrogens with zero attached hydrogens (tertiary/aromatic N) is 2. The lowest BCUT2D eigenvalue weighted by atomic mass is 9.94. The van der Waals surface area contributed by atoms with Crippen LogP contribution in [0.15, 0.2) is 53.7 Å². The second kappa shape index (κ2) is 11.2. The summed E-state index contributed by atoms with van der Waals surface area (Å²) in [5.41, 5.74) is 2.51. The van der Waals surface area contributed by atoms with Crippen molar-refractivity contribution >= 4 is 17.7 Å². The van der Waals surface area contributed by atoms with E-state index >= 15 is 0 Å². The van der Waals surface area contributed by atoms with Crippen LogP contribution in [0.5, 0.6) is 17.2 Å². The molecule has 10 heteroatoms. The number of rotatable bonds is 8. The number of phenolic OH excluding ortho intramolecular Hbond substituents is 1. The molecule has 192 valence electrons. The van der Waals surface area contributed by atoms with Crippen molar-refractivity contribution in [2.75, 3.05) is 58.5 Å². The van der Waals surface area contributed by atoms with E-state index in [9.17, 15) is 14.7 Å². The maximum absolute atomic E-state index is 12.9. The minimum absolute atomic E-state index is 0.0152. The van der Waals surface area contributed by atoms with Gasteiger partial charge in [0.15, 0.2) is 11.5 Å². The molecule has 0 aliphatic carbocycles. The number of methoxy groups -OCH3 is 2. The number of piperazine rings is 1. The average Bonchev–Trinajstić information content (AvgIpc) is 2.90. The van der Waals surface area contributed by atoms with Gasteiger partial charge in [0.25, 0.3) is 0 Å². The highest BCUT2D eigenvalue weighted by Gasteiger charge is 2.35. The Morgan fingerprint density at radius 1 is 1.11 bits per heavy atom. The summed E-state index contributed by atoms with van der Waals surface area (Å²) in [6.45, 7) is 5.63. The van der Waals surface area contributed by atoms with Crippen molar-refractivity contribution in [2.24, 2.45) is 0 Å². The van der Waals surface area contributed by atoms with Gasteiger partial charge in [-0.15, -0.1) is 0 Å². The third kappa shape index (κ3) is 5.49. The molecule has 1 fully saturated rings. The van der Waals surface area contributed by atoms with Gasteiger partial charge in [-0.2, -0.15) is 0 Å². The number of hydrogen-bond acceptors (Lipinski definition) is 8. The zero-order valence-corrected chi connectivity index (χ0v) is 20.7. The van der Waals surface area contributed by atoms with E-state index < -0.39 is 18.0 Å². The molecule has 4 rings (SSSR count). The van der Waals surface area contributed by atoms with Gasteiger partial charge in [-0.1, -0.05) is 12.1 Å². The zero-order valence-electron chi connectivity index (χ0n) is 20.7. The van der Waals surface area contributed by atoms with E-state index in [0.29, 0.717) is 30.0 Å². The Bertz CT molecular complexity index is 1140. The topological polar surface area (TPSA) is 113 Å². The molecule has 2 aromatic rings. The van der Waals surface area contributed by atoms with Crippen molar-refractivity contribution in [3.63, 3.8) is 0 Å². The molecule has 36 heavy (non-hydrogen) atoms. The van der Waals surface area contributed by atoms with Crippen LogP contribution in [0, 0.1) is 0 Å². The van der Waals surface area contributed by atoms with E-state index in [1.54, 1.807) is 19.2 Å². The van der Waals surface area contributed by atoms with Gasteiger partial charge in [0.2, 0.25) is 0 Å². The Morgan fingerprint density at radius 3 is 2.58 bits per heavy atom. The Kier molecular flexibility index (Phi) is 7.84. The third-order valence-electron chi connectivity index (χ3n) is 6.35. The number of amides is 2. The number of urea groups is 1. The highest BCUT2D eigenvalue weighted by molar-refractivity contribution is 5.95. The van der Waals surface area contributed by atoms with Gasteiger partial charge in [0.05, 0.1) is 32.4 Å². The normalized spacial score (nSPS) is 18.4. The van der Waals surface area contributed by atoms with Crippen molar-refractivity contribution < 1.29 is 28.9 Å². The van der Waals surface area contributed by atoms with Gasteiger partial charge in [0.1, 0.15) is 5.75 Å². The quantitative estimate of drug-likeness (QED) is 0.478. The minimum atomic E-state index is -0.751. The molecule has 2 heterocycles. The number of esters is 1. The van der Waals surface area contributed by atoms with Crippen molar-refractivity contribution in [1.82, 2.24) is 15.5 Å². The van der Waals surface area contributed by atoms with Gasteiger partial charge in [-0.05, 0) is 36.8 Å². The highest BCUT2D eigenvalue weighted by Crippen LogP contribution is 2.34. The number of carbonyl (C=O) groups is 2. The van der Waals surface area contributed by atoms with Gasteiger partial charge < -0.3 is 34.9 Å². The molecule has 0 saturated carbocycles. The van der Waals surface area contributed by atoms with Crippen LogP contribution in [-0.4, -0.2) is 75.6 Å². The maximum Gasteiger partial charge on any atom is 0.338 e. The van der Waals surface area contributed by atoms with Crippen LogP contribution in [0.2, 0.25) is 0 Å². The van der Waals surface area contributed by atoms with Gasteiger partial charge >= 0.3 is 12.0 Å². The SMILES string of the molecule is CCOc1cc(C2NC(=O)NC(CN3CCN(c4cccc(OC)c4)CC3)=C2C(=O)OC)ccc1O. The number of hydrogen-bond donors (Lipinski definition) is 3. The molecular formula is C26H32N4O6. The standard InChI is InChI=1S/C26H32N4O6/c1-4-36-22-14-17(8-9-21(22)31)24-23(25(32)35-3)20(27-26(33)28-24)16-29-10-12-30(13-11-29)18-6-5-7-19(15-18)34-2/h5-9,14-15,24,31H,4,10-13,16H2,1-3H3,(H2,27,28,33). The van der Waals surface area contributed by atoms with Crippen LogP contribution in [0.25, 0.3) is 0 Å². The Labute approximate surface area is 210 Å². The van der Waals surface area contributed by atoms with Gasteiger partial charge in [-0.25, -0.2) is 9.59 Å². The predicted octanol–water partition coefficient (Wildman–Crippen LogP) is 2.40. The fourth-order valence-electron chi connectivity index (χ4n) is 4.52. The first kappa shape index (κ1) is 25.2. The molecule has 2 aliphatic heterocycles. The van der Waals surface area contributed by atoms with Crippen molar-refractivity contribution in [1.29, 1.82) is 0 Å². The van der Waals surface area contributed by atoms with Crippen LogP contribution < -0.4 is 25.0 Å². The zero-order chi connectivity index (χ0) is 25.7. The number of ether oxygens (including phenoxy) is 3. The van der Waals surface area contributed by atoms with E-state index in [2.05, 4.69) is 26.5 Å². The molecule has 2 aliphatic rings. The molecule has 1 saturated heterocycles. The molecule has 2 aromatic carbocycles. The number of benzene rings is 2. The van der Waals surface area contributed by atoms with Gasteiger partial charge in [0, 0.05) is 50.2 Å². The molecular weight excluding hydrogens is 464 g/mol. The summed E-state index contributed by atoms with van der Waals surface area (Å²) in [6, 6.07) is 11.6. The summed E-state index contributed by atoms with van der Waals surface area (Å²) in [4.78, 5) is 30.0. The van der Waals surface area contributed by atoms with E-state index in [4.69, 9.17) is 14.2 Å². The lowest BCUT2D eigenvalue weighted by Crippen LogP contribution is -2.51. The first-order valence-corrected chi connectivity index (χ1v) is 11.9. The molecule has 10 nitrogen and oxygen atoms in total. The first-order chi connectivity index (χ1) is 17.4.